The summed E-state index contributed by atoms with van der Waals surface area (Å²) >= 11 is 0. The molecule has 2 rings (SSSR count). The molecule has 2 bridgehead atoms. The average molecular weight is 195 g/mol. The SMILES string of the molecule is CC(C)CN[C@H](C)[C@H]1C[C@H]2CC[C@H]1C2. The summed E-state index contributed by atoms with van der Waals surface area (Å²) in [6.07, 6.45) is 6.09. The summed E-state index contributed by atoms with van der Waals surface area (Å²) in [6, 6.07) is 0.757. The quantitative estimate of drug-likeness (QED) is 0.727. The van der Waals surface area contributed by atoms with E-state index in [2.05, 4.69) is 26.1 Å². The molecule has 14 heavy (non-hydrogen) atoms. The van der Waals surface area contributed by atoms with Crippen molar-refractivity contribution in [2.45, 2.75) is 52.5 Å². The fourth-order valence-electron chi connectivity index (χ4n) is 3.48. The monoisotopic (exact) mass is 195 g/mol. The molecule has 2 aliphatic carbocycles. The highest BCUT2D eigenvalue weighted by Gasteiger charge is 2.41. The second-order valence-electron chi connectivity index (χ2n) is 5.93. The topological polar surface area (TPSA) is 12.0 Å². The van der Waals surface area contributed by atoms with E-state index in [-0.39, 0.29) is 0 Å². The second kappa shape index (κ2) is 4.22. The summed E-state index contributed by atoms with van der Waals surface area (Å²) in [5.41, 5.74) is 0. The third-order valence-corrected chi connectivity index (χ3v) is 4.28. The Labute approximate surface area is 88.7 Å². The molecule has 1 N–H and O–H groups in total. The van der Waals surface area contributed by atoms with Crippen LogP contribution in [0.2, 0.25) is 0 Å². The van der Waals surface area contributed by atoms with Gasteiger partial charge in [0, 0.05) is 6.04 Å². The minimum absolute atomic E-state index is 0.757. The third-order valence-electron chi connectivity index (χ3n) is 4.28. The van der Waals surface area contributed by atoms with E-state index in [9.17, 15) is 0 Å². The fourth-order valence-corrected chi connectivity index (χ4v) is 3.48. The van der Waals surface area contributed by atoms with Gasteiger partial charge in [0.25, 0.3) is 0 Å². The van der Waals surface area contributed by atoms with E-state index in [0.29, 0.717) is 0 Å². The molecule has 1 nitrogen and oxygen atoms in total. The van der Waals surface area contributed by atoms with Crippen LogP contribution in [0.4, 0.5) is 0 Å². The molecule has 2 aliphatic rings. The predicted octanol–water partition coefficient (Wildman–Crippen LogP) is 3.06. The van der Waals surface area contributed by atoms with Crippen LogP contribution in [0.3, 0.4) is 0 Å². The highest BCUT2D eigenvalue weighted by atomic mass is 14.9. The number of hydrogen-bond acceptors (Lipinski definition) is 1. The average Bonchev–Trinajstić information content (AvgIpc) is 2.74. The van der Waals surface area contributed by atoms with Crippen LogP contribution in [0, 0.1) is 23.7 Å². The number of fused-ring (bicyclic) bond motifs is 2. The first-order valence-electron chi connectivity index (χ1n) is 6.40. The maximum atomic E-state index is 3.71. The molecule has 0 aliphatic heterocycles. The van der Waals surface area contributed by atoms with Crippen molar-refractivity contribution >= 4 is 0 Å². The molecule has 2 saturated carbocycles. The molecule has 0 spiro atoms. The van der Waals surface area contributed by atoms with Crippen molar-refractivity contribution < 1.29 is 0 Å². The van der Waals surface area contributed by atoms with Gasteiger partial charge in [-0.15, -0.1) is 0 Å². The first-order valence-corrected chi connectivity index (χ1v) is 6.40. The molecule has 0 aromatic carbocycles. The Balaban J connectivity index is 1.78. The van der Waals surface area contributed by atoms with Gasteiger partial charge < -0.3 is 5.32 Å². The van der Waals surface area contributed by atoms with Gasteiger partial charge in [-0.05, 0) is 56.4 Å². The lowest BCUT2D eigenvalue weighted by Gasteiger charge is -2.29. The van der Waals surface area contributed by atoms with E-state index in [1.165, 1.54) is 25.8 Å². The smallest absolute Gasteiger partial charge is 0.00698 e. The summed E-state index contributed by atoms with van der Waals surface area (Å²) in [5.74, 6) is 3.94. The van der Waals surface area contributed by atoms with Crippen molar-refractivity contribution in [3.05, 3.63) is 0 Å². The largest absolute Gasteiger partial charge is 0.314 e. The van der Waals surface area contributed by atoms with Crippen molar-refractivity contribution in [3.8, 4) is 0 Å². The lowest BCUT2D eigenvalue weighted by Crippen LogP contribution is -2.38. The molecular weight excluding hydrogens is 170 g/mol. The summed E-state index contributed by atoms with van der Waals surface area (Å²) in [4.78, 5) is 0. The van der Waals surface area contributed by atoms with E-state index in [4.69, 9.17) is 0 Å². The van der Waals surface area contributed by atoms with Crippen LogP contribution >= 0.6 is 0 Å². The molecule has 4 atom stereocenters. The molecular formula is C13H25N. The van der Waals surface area contributed by atoms with Gasteiger partial charge in [-0.1, -0.05) is 20.3 Å². The summed E-state index contributed by atoms with van der Waals surface area (Å²) < 4.78 is 0. The Morgan fingerprint density at radius 3 is 2.43 bits per heavy atom. The number of nitrogens with one attached hydrogen (secondary N) is 1. The van der Waals surface area contributed by atoms with Crippen molar-refractivity contribution in [2.24, 2.45) is 23.7 Å². The normalized spacial score (nSPS) is 38.1. The number of hydrogen-bond donors (Lipinski definition) is 1. The van der Waals surface area contributed by atoms with Gasteiger partial charge in [0.15, 0.2) is 0 Å². The van der Waals surface area contributed by atoms with Crippen LogP contribution in [0.1, 0.15) is 46.5 Å². The van der Waals surface area contributed by atoms with Crippen LogP contribution < -0.4 is 5.32 Å². The standard InChI is InChI=1S/C13H25N/c1-9(2)8-14-10(3)13-7-11-4-5-12(13)6-11/h9-14H,4-8H2,1-3H3/t10-,11+,12+,13-/m1/s1. The maximum Gasteiger partial charge on any atom is 0.00698 e. The van der Waals surface area contributed by atoms with E-state index < -0.39 is 0 Å². The first kappa shape index (κ1) is 10.5. The number of rotatable bonds is 4. The Bertz CT molecular complexity index is 188. The lowest BCUT2D eigenvalue weighted by atomic mass is 9.84. The highest BCUT2D eigenvalue weighted by Crippen LogP contribution is 2.49. The molecule has 0 unspecified atom stereocenters. The Hall–Kier alpha value is -0.0400. The van der Waals surface area contributed by atoms with Gasteiger partial charge in [0.1, 0.15) is 0 Å². The zero-order valence-electron chi connectivity index (χ0n) is 9.92. The van der Waals surface area contributed by atoms with E-state index in [1.54, 1.807) is 6.42 Å². The van der Waals surface area contributed by atoms with Crippen LogP contribution in [0.5, 0.6) is 0 Å². The summed E-state index contributed by atoms with van der Waals surface area (Å²) in [5, 5.41) is 3.71. The first-order chi connectivity index (χ1) is 6.66. The second-order valence-corrected chi connectivity index (χ2v) is 5.93. The Kier molecular flexibility index (Phi) is 3.16. The Morgan fingerprint density at radius 1 is 1.14 bits per heavy atom. The van der Waals surface area contributed by atoms with Crippen molar-refractivity contribution in [1.82, 2.24) is 5.32 Å². The van der Waals surface area contributed by atoms with Gasteiger partial charge in [-0.2, -0.15) is 0 Å². The molecule has 0 amide bonds. The maximum absolute atomic E-state index is 3.71. The molecule has 0 heterocycles. The minimum Gasteiger partial charge on any atom is -0.314 e. The van der Waals surface area contributed by atoms with Crippen LogP contribution in [0.15, 0.2) is 0 Å². The van der Waals surface area contributed by atoms with Gasteiger partial charge >= 0.3 is 0 Å². The molecule has 1 heteroatoms. The van der Waals surface area contributed by atoms with E-state index in [1.807, 2.05) is 0 Å². The fraction of sp³-hybridized carbons (Fsp3) is 1.00. The molecule has 2 fully saturated rings. The van der Waals surface area contributed by atoms with Crippen molar-refractivity contribution in [3.63, 3.8) is 0 Å². The van der Waals surface area contributed by atoms with E-state index in [0.717, 1.165) is 29.7 Å². The molecule has 0 aromatic rings. The van der Waals surface area contributed by atoms with Gasteiger partial charge in [-0.25, -0.2) is 0 Å². The zero-order chi connectivity index (χ0) is 10.1. The van der Waals surface area contributed by atoms with Gasteiger partial charge in [0.2, 0.25) is 0 Å². The van der Waals surface area contributed by atoms with Crippen LogP contribution in [-0.2, 0) is 0 Å². The molecule has 0 saturated heterocycles. The van der Waals surface area contributed by atoms with Crippen molar-refractivity contribution in [2.75, 3.05) is 6.54 Å². The molecule has 0 radical (unpaired) electrons. The lowest BCUT2D eigenvalue weighted by molar-refractivity contribution is 0.255. The van der Waals surface area contributed by atoms with Gasteiger partial charge in [-0.3, -0.25) is 0 Å². The molecule has 0 aromatic heterocycles. The van der Waals surface area contributed by atoms with Crippen LogP contribution in [-0.4, -0.2) is 12.6 Å². The molecule has 82 valence electrons. The summed E-state index contributed by atoms with van der Waals surface area (Å²) in [6.45, 7) is 8.17. The van der Waals surface area contributed by atoms with Crippen LogP contribution in [0.25, 0.3) is 0 Å². The zero-order valence-corrected chi connectivity index (χ0v) is 9.92. The minimum atomic E-state index is 0.757. The van der Waals surface area contributed by atoms with Crippen molar-refractivity contribution in [1.29, 1.82) is 0 Å². The predicted molar refractivity (Wildman–Crippen MR) is 61.2 cm³/mol. The highest BCUT2D eigenvalue weighted by molar-refractivity contribution is 4.93. The van der Waals surface area contributed by atoms with E-state index >= 15 is 0 Å². The third kappa shape index (κ3) is 2.13. The Morgan fingerprint density at radius 2 is 1.93 bits per heavy atom. The van der Waals surface area contributed by atoms with Gasteiger partial charge in [0.05, 0.1) is 0 Å². The summed E-state index contributed by atoms with van der Waals surface area (Å²) in [7, 11) is 0.